The summed E-state index contributed by atoms with van der Waals surface area (Å²) in [6, 6.07) is 10.1. The van der Waals surface area contributed by atoms with Crippen LogP contribution in [0.2, 0.25) is 0 Å². The Labute approximate surface area is 97.5 Å². The summed E-state index contributed by atoms with van der Waals surface area (Å²) in [6.45, 7) is 2.01. The van der Waals surface area contributed by atoms with E-state index >= 15 is 0 Å². The zero-order valence-corrected chi connectivity index (χ0v) is 9.26. The van der Waals surface area contributed by atoms with Crippen LogP contribution in [-0.2, 0) is 0 Å². The average Bonchev–Trinajstić information content (AvgIpc) is 2.73. The van der Waals surface area contributed by atoms with E-state index in [2.05, 4.69) is 10.2 Å². The van der Waals surface area contributed by atoms with Gasteiger partial charge in [0.05, 0.1) is 0 Å². The molecule has 84 valence electrons. The van der Waals surface area contributed by atoms with E-state index < -0.39 is 0 Å². The molecule has 0 aliphatic carbocycles. The molecule has 0 radical (unpaired) electrons. The number of hydrogen-bond donors (Lipinski definition) is 0. The Bertz CT molecular complexity index is 671. The summed E-state index contributed by atoms with van der Waals surface area (Å²) in [5, 5.41) is 8.20. The molecule has 0 fully saturated rings. The molecule has 2 heterocycles. The van der Waals surface area contributed by atoms with Gasteiger partial charge in [0.2, 0.25) is 0 Å². The molecule has 3 aromatic rings. The third-order valence-corrected chi connectivity index (χ3v) is 2.65. The lowest BCUT2D eigenvalue weighted by atomic mass is 10.2. The van der Waals surface area contributed by atoms with Crippen LogP contribution in [0.4, 0.5) is 4.39 Å². The Morgan fingerprint density at radius 2 is 1.76 bits per heavy atom. The maximum absolute atomic E-state index is 12.9. The number of rotatable bonds is 1. The number of pyridine rings is 1. The van der Waals surface area contributed by atoms with Gasteiger partial charge in [-0.25, -0.2) is 4.39 Å². The number of aryl methyl sites for hydroxylation is 1. The molecule has 17 heavy (non-hydrogen) atoms. The van der Waals surface area contributed by atoms with Gasteiger partial charge >= 0.3 is 0 Å². The van der Waals surface area contributed by atoms with Crippen molar-refractivity contribution in [2.75, 3.05) is 0 Å². The van der Waals surface area contributed by atoms with Crippen LogP contribution in [-0.4, -0.2) is 14.6 Å². The molecule has 0 unspecified atom stereocenters. The SMILES string of the molecule is Cc1ccc2nnc(-c3ccc(F)cc3)n2c1. The van der Waals surface area contributed by atoms with Crippen molar-refractivity contribution in [1.29, 1.82) is 0 Å². The summed E-state index contributed by atoms with van der Waals surface area (Å²) in [5.41, 5.74) is 2.76. The number of nitrogens with zero attached hydrogens (tertiary/aromatic N) is 3. The minimum atomic E-state index is -0.251. The van der Waals surface area contributed by atoms with E-state index in [9.17, 15) is 4.39 Å². The molecule has 0 bridgehead atoms. The van der Waals surface area contributed by atoms with Crippen molar-refractivity contribution in [2.24, 2.45) is 0 Å². The minimum Gasteiger partial charge on any atom is -0.282 e. The minimum absolute atomic E-state index is 0.251. The molecule has 0 aliphatic rings. The first-order valence-corrected chi connectivity index (χ1v) is 5.31. The Balaban J connectivity index is 2.23. The van der Waals surface area contributed by atoms with Crippen LogP contribution >= 0.6 is 0 Å². The Hall–Kier alpha value is -2.23. The van der Waals surface area contributed by atoms with E-state index in [0.29, 0.717) is 0 Å². The molecule has 0 N–H and O–H groups in total. The molecule has 0 spiro atoms. The Morgan fingerprint density at radius 1 is 1.00 bits per heavy atom. The zero-order chi connectivity index (χ0) is 11.8. The number of hydrogen-bond acceptors (Lipinski definition) is 2. The molecule has 0 atom stereocenters. The molecule has 3 nitrogen and oxygen atoms in total. The molecule has 1 aromatic carbocycles. The van der Waals surface area contributed by atoms with Gasteiger partial charge in [-0.2, -0.15) is 0 Å². The summed E-state index contributed by atoms with van der Waals surface area (Å²) in [6.07, 6.45) is 1.97. The van der Waals surface area contributed by atoms with E-state index in [0.717, 1.165) is 22.6 Å². The number of aromatic nitrogens is 3. The lowest BCUT2D eigenvalue weighted by molar-refractivity contribution is 0.628. The quantitative estimate of drug-likeness (QED) is 0.640. The van der Waals surface area contributed by atoms with Crippen molar-refractivity contribution in [3.05, 3.63) is 54.0 Å². The molecule has 0 aliphatic heterocycles. The van der Waals surface area contributed by atoms with Crippen LogP contribution in [0.25, 0.3) is 17.0 Å². The molecule has 0 saturated carbocycles. The van der Waals surface area contributed by atoms with Gasteiger partial charge in [0.25, 0.3) is 0 Å². The highest BCUT2D eigenvalue weighted by atomic mass is 19.1. The summed E-state index contributed by atoms with van der Waals surface area (Å²) in [5.74, 6) is 0.474. The largest absolute Gasteiger partial charge is 0.282 e. The van der Waals surface area contributed by atoms with Crippen molar-refractivity contribution in [1.82, 2.24) is 14.6 Å². The lowest BCUT2D eigenvalue weighted by Gasteiger charge is -2.00. The van der Waals surface area contributed by atoms with Gasteiger partial charge in [0.15, 0.2) is 11.5 Å². The maximum Gasteiger partial charge on any atom is 0.168 e. The average molecular weight is 227 g/mol. The Morgan fingerprint density at radius 3 is 2.53 bits per heavy atom. The van der Waals surface area contributed by atoms with Crippen molar-refractivity contribution < 1.29 is 4.39 Å². The van der Waals surface area contributed by atoms with Gasteiger partial charge in [-0.3, -0.25) is 4.40 Å². The Kier molecular flexibility index (Phi) is 2.14. The molecular formula is C13H10FN3. The van der Waals surface area contributed by atoms with Gasteiger partial charge in [0, 0.05) is 11.8 Å². The number of fused-ring (bicyclic) bond motifs is 1. The topological polar surface area (TPSA) is 30.2 Å². The molecular weight excluding hydrogens is 217 g/mol. The highest BCUT2D eigenvalue weighted by Crippen LogP contribution is 2.18. The second-order valence-corrected chi connectivity index (χ2v) is 3.97. The van der Waals surface area contributed by atoms with Gasteiger partial charge in [-0.05, 0) is 42.8 Å². The second-order valence-electron chi connectivity index (χ2n) is 3.97. The van der Waals surface area contributed by atoms with Crippen molar-refractivity contribution in [3.8, 4) is 11.4 Å². The predicted octanol–water partition coefficient (Wildman–Crippen LogP) is 2.84. The fourth-order valence-corrected chi connectivity index (χ4v) is 1.79. The van der Waals surface area contributed by atoms with Crippen molar-refractivity contribution >= 4 is 5.65 Å². The highest BCUT2D eigenvalue weighted by molar-refractivity contribution is 5.59. The molecule has 0 amide bonds. The molecule has 2 aromatic heterocycles. The van der Waals surface area contributed by atoms with Crippen LogP contribution in [0, 0.1) is 12.7 Å². The summed E-state index contributed by atoms with van der Waals surface area (Å²) < 4.78 is 14.8. The summed E-state index contributed by atoms with van der Waals surface area (Å²) in [7, 11) is 0. The first kappa shape index (κ1) is 9.96. The third-order valence-electron chi connectivity index (χ3n) is 2.65. The maximum atomic E-state index is 12.9. The van der Waals surface area contributed by atoms with E-state index in [-0.39, 0.29) is 5.82 Å². The van der Waals surface area contributed by atoms with Crippen molar-refractivity contribution in [3.63, 3.8) is 0 Å². The van der Waals surface area contributed by atoms with E-state index in [4.69, 9.17) is 0 Å². The molecule has 3 rings (SSSR count). The lowest BCUT2D eigenvalue weighted by Crippen LogP contribution is -1.90. The third kappa shape index (κ3) is 1.67. The first-order valence-electron chi connectivity index (χ1n) is 5.31. The van der Waals surface area contributed by atoms with Crippen molar-refractivity contribution in [2.45, 2.75) is 6.92 Å². The van der Waals surface area contributed by atoms with E-state index in [1.165, 1.54) is 12.1 Å². The summed E-state index contributed by atoms with van der Waals surface area (Å²) >= 11 is 0. The van der Waals surface area contributed by atoms with Gasteiger partial charge < -0.3 is 0 Å². The van der Waals surface area contributed by atoms with Crippen LogP contribution in [0.5, 0.6) is 0 Å². The van der Waals surface area contributed by atoms with Crippen LogP contribution in [0.1, 0.15) is 5.56 Å². The van der Waals surface area contributed by atoms with Gasteiger partial charge in [0.1, 0.15) is 5.82 Å². The highest BCUT2D eigenvalue weighted by Gasteiger charge is 2.07. The van der Waals surface area contributed by atoms with Crippen LogP contribution in [0.3, 0.4) is 0 Å². The normalized spacial score (nSPS) is 10.9. The van der Waals surface area contributed by atoms with E-state index in [1.54, 1.807) is 12.1 Å². The second kappa shape index (κ2) is 3.66. The predicted molar refractivity (Wildman–Crippen MR) is 63.1 cm³/mol. The van der Waals surface area contributed by atoms with Gasteiger partial charge in [-0.1, -0.05) is 6.07 Å². The standard InChI is InChI=1S/C13H10FN3/c1-9-2-7-12-15-16-13(17(12)8-9)10-3-5-11(14)6-4-10/h2-8H,1H3. The number of benzene rings is 1. The summed E-state index contributed by atoms with van der Waals surface area (Å²) in [4.78, 5) is 0. The zero-order valence-electron chi connectivity index (χ0n) is 9.26. The van der Waals surface area contributed by atoms with E-state index in [1.807, 2.05) is 29.7 Å². The van der Waals surface area contributed by atoms with Crippen LogP contribution in [0.15, 0.2) is 42.6 Å². The number of halogens is 1. The van der Waals surface area contributed by atoms with Crippen LogP contribution < -0.4 is 0 Å². The first-order chi connectivity index (χ1) is 8.24. The monoisotopic (exact) mass is 227 g/mol. The van der Waals surface area contributed by atoms with Gasteiger partial charge in [-0.15, -0.1) is 10.2 Å². The molecule has 4 heteroatoms. The fourth-order valence-electron chi connectivity index (χ4n) is 1.79. The smallest absolute Gasteiger partial charge is 0.168 e. The fraction of sp³-hybridized carbons (Fsp3) is 0.0769. The molecule has 0 saturated heterocycles.